The summed E-state index contributed by atoms with van der Waals surface area (Å²) < 4.78 is 5.36. The molecule has 0 saturated carbocycles. The number of hydrogen-bond acceptors (Lipinski definition) is 2. The Balaban J connectivity index is 1.66. The highest BCUT2D eigenvalue weighted by atomic mass is 35.5. The lowest BCUT2D eigenvalue weighted by molar-refractivity contribution is 0.0642. The van der Waals surface area contributed by atoms with Gasteiger partial charge in [0.15, 0.2) is 0 Å². The molecule has 1 heterocycles. The Morgan fingerprint density at radius 3 is 2.54 bits per heavy atom. The first-order valence-electron chi connectivity index (χ1n) is 8.40. The van der Waals surface area contributed by atoms with E-state index < -0.39 is 0 Å². The van der Waals surface area contributed by atoms with Gasteiger partial charge in [0.2, 0.25) is 0 Å². The fraction of sp³-hybridized carbons (Fsp3) is 0.350. The Morgan fingerprint density at radius 1 is 1.08 bits per heavy atom. The molecule has 1 N–H and O–H groups in total. The van der Waals surface area contributed by atoms with E-state index in [9.17, 15) is 4.79 Å². The van der Waals surface area contributed by atoms with Gasteiger partial charge in [0, 0.05) is 30.3 Å². The largest absolute Gasteiger partial charge is 0.381 e. The molecule has 4 heteroatoms. The fourth-order valence-corrected chi connectivity index (χ4v) is 3.13. The highest BCUT2D eigenvalue weighted by Gasteiger charge is 2.16. The predicted octanol–water partition coefficient (Wildman–Crippen LogP) is 4.09. The van der Waals surface area contributed by atoms with Crippen LogP contribution < -0.4 is 5.32 Å². The smallest absolute Gasteiger partial charge is 0.251 e. The van der Waals surface area contributed by atoms with Crippen molar-refractivity contribution in [2.24, 2.45) is 5.92 Å². The molecule has 0 aromatic heterocycles. The molecule has 1 fully saturated rings. The Kier molecular flexibility index (Phi) is 5.89. The molecule has 0 bridgehead atoms. The Bertz CT molecular complexity index is 678. The van der Waals surface area contributed by atoms with Gasteiger partial charge in [-0.05, 0) is 54.5 Å². The standard InChI is InChI=1S/C20H22ClNO2/c21-18-7-5-15(6-8-18)13-17-3-1-2-4-19(17)20(23)22-14-16-9-11-24-12-10-16/h1-8,16H,9-14H2,(H,22,23). The molecular formula is C20H22ClNO2. The fourth-order valence-electron chi connectivity index (χ4n) is 3.00. The molecular weight excluding hydrogens is 322 g/mol. The number of benzene rings is 2. The van der Waals surface area contributed by atoms with Crippen molar-refractivity contribution >= 4 is 17.5 Å². The minimum absolute atomic E-state index is 0.00561. The summed E-state index contributed by atoms with van der Waals surface area (Å²) in [6.45, 7) is 2.32. The topological polar surface area (TPSA) is 38.3 Å². The number of hydrogen-bond donors (Lipinski definition) is 1. The highest BCUT2D eigenvalue weighted by Crippen LogP contribution is 2.18. The number of carbonyl (C=O) groups is 1. The second kappa shape index (κ2) is 8.32. The summed E-state index contributed by atoms with van der Waals surface area (Å²) in [5.74, 6) is 0.525. The van der Waals surface area contributed by atoms with Crippen LogP contribution in [0.5, 0.6) is 0 Å². The van der Waals surface area contributed by atoms with Crippen LogP contribution in [0.25, 0.3) is 0 Å². The van der Waals surface area contributed by atoms with E-state index in [4.69, 9.17) is 16.3 Å². The SMILES string of the molecule is O=C(NCC1CCOCC1)c1ccccc1Cc1ccc(Cl)cc1. The van der Waals surface area contributed by atoms with Crippen LogP contribution >= 0.6 is 11.6 Å². The van der Waals surface area contributed by atoms with Crippen molar-refractivity contribution in [2.75, 3.05) is 19.8 Å². The summed E-state index contributed by atoms with van der Waals surface area (Å²) >= 11 is 5.94. The predicted molar refractivity (Wildman–Crippen MR) is 96.6 cm³/mol. The minimum atomic E-state index is 0.00561. The van der Waals surface area contributed by atoms with E-state index in [-0.39, 0.29) is 5.91 Å². The Hall–Kier alpha value is -1.84. The van der Waals surface area contributed by atoms with Crippen LogP contribution in [0.15, 0.2) is 48.5 Å². The molecule has 1 aliphatic rings. The zero-order chi connectivity index (χ0) is 16.8. The molecule has 0 aliphatic carbocycles. The summed E-state index contributed by atoms with van der Waals surface area (Å²) in [4.78, 5) is 12.6. The molecule has 2 aromatic carbocycles. The van der Waals surface area contributed by atoms with E-state index in [0.29, 0.717) is 5.92 Å². The van der Waals surface area contributed by atoms with Crippen molar-refractivity contribution in [3.63, 3.8) is 0 Å². The van der Waals surface area contributed by atoms with Crippen molar-refractivity contribution in [1.82, 2.24) is 5.32 Å². The second-order valence-corrected chi connectivity index (χ2v) is 6.66. The van der Waals surface area contributed by atoms with Crippen molar-refractivity contribution in [3.05, 3.63) is 70.2 Å². The maximum absolute atomic E-state index is 12.6. The van der Waals surface area contributed by atoms with Gasteiger partial charge in [-0.1, -0.05) is 41.9 Å². The first kappa shape index (κ1) is 17.0. The third-order valence-electron chi connectivity index (χ3n) is 4.46. The van der Waals surface area contributed by atoms with Gasteiger partial charge in [-0.25, -0.2) is 0 Å². The van der Waals surface area contributed by atoms with Crippen LogP contribution in [0.4, 0.5) is 0 Å². The van der Waals surface area contributed by atoms with Crippen molar-refractivity contribution in [1.29, 1.82) is 0 Å². The summed E-state index contributed by atoms with van der Waals surface area (Å²) in [5, 5.41) is 3.81. The number of ether oxygens (including phenoxy) is 1. The number of carbonyl (C=O) groups excluding carboxylic acids is 1. The average molecular weight is 344 g/mol. The monoisotopic (exact) mass is 343 g/mol. The first-order chi connectivity index (χ1) is 11.7. The second-order valence-electron chi connectivity index (χ2n) is 6.23. The number of rotatable bonds is 5. The third kappa shape index (κ3) is 4.59. The van der Waals surface area contributed by atoms with E-state index in [0.717, 1.165) is 60.7 Å². The van der Waals surface area contributed by atoms with Gasteiger partial charge in [0.05, 0.1) is 0 Å². The summed E-state index contributed by atoms with van der Waals surface area (Å²) in [5.41, 5.74) is 2.92. The van der Waals surface area contributed by atoms with Gasteiger partial charge >= 0.3 is 0 Å². The molecule has 2 aromatic rings. The van der Waals surface area contributed by atoms with Gasteiger partial charge < -0.3 is 10.1 Å². The lowest BCUT2D eigenvalue weighted by Gasteiger charge is -2.22. The van der Waals surface area contributed by atoms with Crippen molar-refractivity contribution < 1.29 is 9.53 Å². The number of halogens is 1. The molecule has 0 radical (unpaired) electrons. The maximum atomic E-state index is 12.6. The van der Waals surface area contributed by atoms with Crippen molar-refractivity contribution in [3.8, 4) is 0 Å². The van der Waals surface area contributed by atoms with Gasteiger partial charge in [-0.3, -0.25) is 4.79 Å². The molecule has 24 heavy (non-hydrogen) atoms. The van der Waals surface area contributed by atoms with E-state index >= 15 is 0 Å². The molecule has 0 atom stereocenters. The normalized spacial score (nSPS) is 15.2. The Labute approximate surface area is 148 Å². The van der Waals surface area contributed by atoms with E-state index in [1.165, 1.54) is 0 Å². The lowest BCUT2D eigenvalue weighted by atomic mass is 9.98. The van der Waals surface area contributed by atoms with Crippen molar-refractivity contribution in [2.45, 2.75) is 19.3 Å². The third-order valence-corrected chi connectivity index (χ3v) is 4.71. The summed E-state index contributed by atoms with van der Waals surface area (Å²) in [6, 6.07) is 15.5. The van der Waals surface area contributed by atoms with Crippen LogP contribution in [0, 0.1) is 5.92 Å². The molecule has 0 unspecified atom stereocenters. The van der Waals surface area contributed by atoms with Crippen LogP contribution in [0.3, 0.4) is 0 Å². The van der Waals surface area contributed by atoms with Crippen LogP contribution in [0.2, 0.25) is 5.02 Å². The quantitative estimate of drug-likeness (QED) is 0.888. The minimum Gasteiger partial charge on any atom is -0.381 e. The molecule has 3 rings (SSSR count). The lowest BCUT2D eigenvalue weighted by Crippen LogP contribution is -2.32. The zero-order valence-electron chi connectivity index (χ0n) is 13.6. The molecule has 1 aliphatic heterocycles. The summed E-state index contributed by atoms with van der Waals surface area (Å²) in [7, 11) is 0. The summed E-state index contributed by atoms with van der Waals surface area (Å²) in [6.07, 6.45) is 2.76. The molecule has 3 nitrogen and oxygen atoms in total. The first-order valence-corrected chi connectivity index (χ1v) is 8.78. The van der Waals surface area contributed by atoms with Crippen LogP contribution in [0.1, 0.15) is 34.3 Å². The molecule has 1 amide bonds. The number of nitrogens with one attached hydrogen (secondary N) is 1. The van der Waals surface area contributed by atoms with Gasteiger partial charge in [-0.2, -0.15) is 0 Å². The van der Waals surface area contributed by atoms with E-state index in [1.54, 1.807) is 0 Å². The van der Waals surface area contributed by atoms with Gasteiger partial charge in [-0.15, -0.1) is 0 Å². The average Bonchev–Trinajstić information content (AvgIpc) is 2.63. The van der Waals surface area contributed by atoms with Gasteiger partial charge in [0.25, 0.3) is 5.91 Å². The molecule has 0 spiro atoms. The van der Waals surface area contributed by atoms with Gasteiger partial charge in [0.1, 0.15) is 0 Å². The van der Waals surface area contributed by atoms with E-state index in [1.807, 2.05) is 48.5 Å². The highest BCUT2D eigenvalue weighted by molar-refractivity contribution is 6.30. The van der Waals surface area contributed by atoms with Crippen LogP contribution in [-0.2, 0) is 11.2 Å². The van der Waals surface area contributed by atoms with Crippen LogP contribution in [-0.4, -0.2) is 25.7 Å². The molecule has 1 saturated heterocycles. The maximum Gasteiger partial charge on any atom is 0.251 e. The molecule has 126 valence electrons. The Morgan fingerprint density at radius 2 is 1.79 bits per heavy atom. The van der Waals surface area contributed by atoms with E-state index in [2.05, 4.69) is 5.32 Å². The zero-order valence-corrected chi connectivity index (χ0v) is 14.4. The number of amides is 1.